The Kier molecular flexibility index (Phi) is 2.78. The fourth-order valence-electron chi connectivity index (χ4n) is 2.94. The first kappa shape index (κ1) is 13.3. The summed E-state index contributed by atoms with van der Waals surface area (Å²) in [5, 5.41) is 23.3. The highest BCUT2D eigenvalue weighted by atomic mass is 16.3. The highest BCUT2D eigenvalue weighted by molar-refractivity contribution is 5.75. The minimum atomic E-state index is 0.137. The molecule has 5 nitrogen and oxygen atoms in total. The Balaban J connectivity index is 1.87. The molecular formula is C18H14N4O. The van der Waals surface area contributed by atoms with Crippen LogP contribution in [0.3, 0.4) is 0 Å². The summed E-state index contributed by atoms with van der Waals surface area (Å²) in [6.07, 6.45) is 1.99. The summed E-state index contributed by atoms with van der Waals surface area (Å²) < 4.78 is 0. The molecule has 0 amide bonds. The van der Waals surface area contributed by atoms with Crippen LogP contribution in [0.25, 0.3) is 11.9 Å². The van der Waals surface area contributed by atoms with E-state index in [-0.39, 0.29) is 5.88 Å². The van der Waals surface area contributed by atoms with E-state index in [1.165, 1.54) is 0 Å². The monoisotopic (exact) mass is 302 g/mol. The van der Waals surface area contributed by atoms with Gasteiger partial charge in [0.2, 0.25) is 5.88 Å². The molecule has 0 unspecified atom stereocenters. The number of nitrogens with one attached hydrogen (secondary N) is 1. The molecule has 2 N–H and O–H groups in total. The average molecular weight is 302 g/mol. The second-order valence-corrected chi connectivity index (χ2v) is 5.48. The lowest BCUT2D eigenvalue weighted by atomic mass is 10.1. The van der Waals surface area contributed by atoms with Crippen LogP contribution in [-0.4, -0.2) is 17.1 Å². The lowest BCUT2D eigenvalue weighted by Gasteiger charge is -2.20. The van der Waals surface area contributed by atoms with E-state index < -0.39 is 0 Å². The summed E-state index contributed by atoms with van der Waals surface area (Å²) in [4.78, 5) is 1.91. The Labute approximate surface area is 133 Å². The molecule has 0 saturated carbocycles. The Hall–Kier alpha value is -3.39. The Morgan fingerprint density at radius 3 is 2.57 bits per heavy atom. The van der Waals surface area contributed by atoms with Crippen molar-refractivity contribution in [2.24, 2.45) is 0 Å². The second kappa shape index (κ2) is 4.82. The first-order chi connectivity index (χ1) is 11.2. The van der Waals surface area contributed by atoms with Crippen molar-refractivity contribution in [2.45, 2.75) is 0 Å². The molecule has 0 spiro atoms. The van der Waals surface area contributed by atoms with E-state index in [1.807, 2.05) is 42.4 Å². The summed E-state index contributed by atoms with van der Waals surface area (Å²) >= 11 is 0. The molecule has 2 aliphatic heterocycles. The zero-order valence-corrected chi connectivity index (χ0v) is 12.5. The van der Waals surface area contributed by atoms with Crippen molar-refractivity contribution in [3.8, 4) is 6.07 Å². The van der Waals surface area contributed by atoms with Crippen molar-refractivity contribution in [1.29, 1.82) is 5.26 Å². The lowest BCUT2D eigenvalue weighted by molar-refractivity contribution is 0.376. The van der Waals surface area contributed by atoms with Gasteiger partial charge in [0, 0.05) is 23.7 Å². The van der Waals surface area contributed by atoms with Crippen LogP contribution in [0, 0.1) is 11.3 Å². The van der Waals surface area contributed by atoms with Crippen LogP contribution in [-0.2, 0) is 0 Å². The third kappa shape index (κ3) is 1.93. The molecule has 2 aromatic rings. The first-order valence-electron chi connectivity index (χ1n) is 7.23. The number of aliphatic hydroxyl groups excluding tert-OH is 1. The number of hydrogen-bond donors (Lipinski definition) is 2. The van der Waals surface area contributed by atoms with E-state index >= 15 is 0 Å². The Bertz CT molecular complexity index is 983. The fraction of sp³-hybridized carbons (Fsp3) is 0.0556. The zero-order chi connectivity index (χ0) is 16.0. The normalized spacial score (nSPS) is 15.6. The van der Waals surface area contributed by atoms with Gasteiger partial charge in [0.25, 0.3) is 0 Å². The lowest BCUT2D eigenvalue weighted by Crippen LogP contribution is -2.40. The molecule has 2 aromatic carbocycles. The molecule has 23 heavy (non-hydrogen) atoms. The summed E-state index contributed by atoms with van der Waals surface area (Å²) in [7, 11) is 1.91. The molecular weight excluding hydrogens is 288 g/mol. The van der Waals surface area contributed by atoms with E-state index in [4.69, 9.17) is 5.26 Å². The molecule has 0 bridgehead atoms. The van der Waals surface area contributed by atoms with Gasteiger partial charge in [-0.3, -0.25) is 5.43 Å². The van der Waals surface area contributed by atoms with Crippen molar-refractivity contribution < 1.29 is 5.11 Å². The van der Waals surface area contributed by atoms with E-state index in [0.717, 1.165) is 27.5 Å². The van der Waals surface area contributed by atoms with Crippen molar-refractivity contribution in [1.82, 2.24) is 10.3 Å². The number of anilines is 1. The molecule has 0 atom stereocenters. The highest BCUT2D eigenvalue weighted by Crippen LogP contribution is 2.30. The first-order valence-corrected chi connectivity index (χ1v) is 7.23. The Morgan fingerprint density at radius 1 is 1.09 bits per heavy atom. The zero-order valence-electron chi connectivity index (χ0n) is 12.5. The largest absolute Gasteiger partial charge is 0.492 e. The number of hydrogen-bond acceptors (Lipinski definition) is 5. The number of fused-ring (bicyclic) bond motifs is 2. The highest BCUT2D eigenvalue weighted by Gasteiger charge is 2.31. The van der Waals surface area contributed by atoms with Crippen LogP contribution in [0.15, 0.2) is 60.1 Å². The molecule has 4 rings (SSSR count). The van der Waals surface area contributed by atoms with Gasteiger partial charge in [-0.25, -0.2) is 5.01 Å². The van der Waals surface area contributed by atoms with Gasteiger partial charge in [-0.1, -0.05) is 24.3 Å². The number of likely N-dealkylation sites (N-methyl/N-ethyl adjacent to an activating group) is 1. The number of benzene rings is 2. The van der Waals surface area contributed by atoms with E-state index in [1.54, 1.807) is 29.3 Å². The summed E-state index contributed by atoms with van der Waals surface area (Å²) in [5.41, 5.74) is 6.21. The molecule has 5 heteroatoms. The molecule has 0 aliphatic carbocycles. The predicted octanol–water partition coefficient (Wildman–Crippen LogP) is 1.10. The van der Waals surface area contributed by atoms with Gasteiger partial charge in [0.05, 0.1) is 23.0 Å². The van der Waals surface area contributed by atoms with Crippen molar-refractivity contribution in [3.05, 3.63) is 76.1 Å². The maximum atomic E-state index is 10.7. The quantitative estimate of drug-likeness (QED) is 0.826. The van der Waals surface area contributed by atoms with Crippen molar-refractivity contribution in [3.63, 3.8) is 0 Å². The van der Waals surface area contributed by atoms with E-state index in [9.17, 15) is 5.11 Å². The van der Waals surface area contributed by atoms with Gasteiger partial charge in [0.1, 0.15) is 5.70 Å². The maximum absolute atomic E-state index is 10.7. The average Bonchev–Trinajstić information content (AvgIpc) is 2.93. The predicted molar refractivity (Wildman–Crippen MR) is 87.8 cm³/mol. The van der Waals surface area contributed by atoms with Crippen LogP contribution in [0.4, 0.5) is 5.69 Å². The van der Waals surface area contributed by atoms with Crippen LogP contribution in [0.5, 0.6) is 0 Å². The molecule has 0 aromatic heterocycles. The third-order valence-corrected chi connectivity index (χ3v) is 4.05. The van der Waals surface area contributed by atoms with Crippen LogP contribution in [0.1, 0.15) is 5.56 Å². The van der Waals surface area contributed by atoms with E-state index in [2.05, 4.69) is 11.5 Å². The van der Waals surface area contributed by atoms with Gasteiger partial charge < -0.3 is 10.0 Å². The molecule has 2 aliphatic rings. The van der Waals surface area contributed by atoms with Crippen LogP contribution < -0.4 is 20.9 Å². The van der Waals surface area contributed by atoms with E-state index in [0.29, 0.717) is 5.56 Å². The SMILES string of the molecule is CN1C=c2ccccc2=C2NN(c3ccc(C#N)cc3)C(O)=C21. The number of aliphatic hydroxyl groups is 1. The number of nitrogens with zero attached hydrogens (tertiary/aromatic N) is 3. The summed E-state index contributed by atoms with van der Waals surface area (Å²) in [6, 6.07) is 17.2. The molecule has 0 fully saturated rings. The number of nitriles is 1. The van der Waals surface area contributed by atoms with Crippen molar-refractivity contribution >= 4 is 17.6 Å². The van der Waals surface area contributed by atoms with Crippen LogP contribution >= 0.6 is 0 Å². The van der Waals surface area contributed by atoms with Gasteiger partial charge >= 0.3 is 0 Å². The standard InChI is InChI=1S/C18H14N4O/c1-21-11-13-4-2-3-5-15(13)16-17(21)18(23)22(20-16)14-8-6-12(10-19)7-9-14/h2-9,11,20,23H,1H3. The Morgan fingerprint density at radius 2 is 1.83 bits per heavy atom. The number of rotatable bonds is 1. The summed E-state index contributed by atoms with van der Waals surface area (Å²) in [5.74, 6) is 0.137. The summed E-state index contributed by atoms with van der Waals surface area (Å²) in [6.45, 7) is 0. The second-order valence-electron chi connectivity index (χ2n) is 5.48. The van der Waals surface area contributed by atoms with Crippen LogP contribution in [0.2, 0.25) is 0 Å². The number of hydrazine groups is 1. The van der Waals surface area contributed by atoms with Gasteiger partial charge in [-0.05, 0) is 24.3 Å². The van der Waals surface area contributed by atoms with Gasteiger partial charge in [0.15, 0.2) is 0 Å². The van der Waals surface area contributed by atoms with Gasteiger partial charge in [-0.15, -0.1) is 0 Å². The van der Waals surface area contributed by atoms with Gasteiger partial charge in [-0.2, -0.15) is 5.26 Å². The topological polar surface area (TPSA) is 62.5 Å². The van der Waals surface area contributed by atoms with Crippen molar-refractivity contribution in [2.75, 3.05) is 12.1 Å². The minimum Gasteiger partial charge on any atom is -0.492 e. The smallest absolute Gasteiger partial charge is 0.237 e. The fourth-order valence-corrected chi connectivity index (χ4v) is 2.94. The third-order valence-electron chi connectivity index (χ3n) is 4.05. The maximum Gasteiger partial charge on any atom is 0.237 e. The molecule has 0 saturated heterocycles. The molecule has 112 valence electrons. The molecule has 2 heterocycles. The molecule has 0 radical (unpaired) electrons. The minimum absolute atomic E-state index is 0.137.